The molecule has 27 heavy (non-hydrogen) atoms. The molecule has 0 bridgehead atoms. The number of hydrogen-bond acceptors (Lipinski definition) is 7. The molecule has 0 spiro atoms. The van der Waals surface area contributed by atoms with Crippen LogP contribution in [0.2, 0.25) is 0 Å². The fourth-order valence-electron chi connectivity index (χ4n) is 2.30. The van der Waals surface area contributed by atoms with Crippen LogP contribution in [0.15, 0.2) is 47.4 Å². The zero-order chi connectivity index (χ0) is 20.2. The van der Waals surface area contributed by atoms with Crippen molar-refractivity contribution in [3.8, 4) is 11.5 Å². The number of carbonyl (C=O) groups excluding carboxylic acids is 2. The highest BCUT2D eigenvalue weighted by Gasteiger charge is 2.23. The number of Topliss-reactive ketones (excluding diaryl/α,β-unsaturated/α-hetero) is 1. The summed E-state index contributed by atoms with van der Waals surface area (Å²) in [6.07, 6.45) is -1.08. The van der Waals surface area contributed by atoms with Gasteiger partial charge in [0.1, 0.15) is 16.4 Å². The largest absolute Gasteiger partial charge is 0.497 e. The first-order valence-electron chi connectivity index (χ1n) is 7.77. The Hall–Kier alpha value is -2.91. The van der Waals surface area contributed by atoms with Crippen molar-refractivity contribution in [3.63, 3.8) is 0 Å². The third-order valence-electron chi connectivity index (χ3n) is 3.73. The summed E-state index contributed by atoms with van der Waals surface area (Å²) < 4.78 is 38.4. The molecule has 0 radical (unpaired) electrons. The van der Waals surface area contributed by atoms with Crippen LogP contribution in [0.3, 0.4) is 0 Å². The van der Waals surface area contributed by atoms with Crippen LogP contribution in [-0.2, 0) is 14.8 Å². The number of carbonyl (C=O) groups is 2. The van der Waals surface area contributed by atoms with Crippen molar-refractivity contribution >= 4 is 21.8 Å². The van der Waals surface area contributed by atoms with Gasteiger partial charge in [-0.2, -0.15) is 0 Å². The molecule has 0 aliphatic carbocycles. The number of primary sulfonamides is 1. The number of ketones is 1. The zero-order valence-electron chi connectivity index (χ0n) is 15.0. The van der Waals surface area contributed by atoms with E-state index in [9.17, 15) is 18.0 Å². The van der Waals surface area contributed by atoms with Crippen LogP contribution in [0.25, 0.3) is 0 Å². The molecule has 9 heteroatoms. The van der Waals surface area contributed by atoms with E-state index in [1.54, 1.807) is 24.3 Å². The van der Waals surface area contributed by atoms with E-state index in [0.717, 1.165) is 6.07 Å². The molecule has 144 valence electrons. The van der Waals surface area contributed by atoms with Gasteiger partial charge in [-0.15, -0.1) is 0 Å². The first kappa shape index (κ1) is 20.4. The molecule has 1 unspecified atom stereocenters. The van der Waals surface area contributed by atoms with Gasteiger partial charge in [-0.05, 0) is 49.4 Å². The van der Waals surface area contributed by atoms with Gasteiger partial charge in [0.2, 0.25) is 15.8 Å². The van der Waals surface area contributed by atoms with Crippen LogP contribution < -0.4 is 14.6 Å². The number of esters is 1. The second-order valence-corrected chi connectivity index (χ2v) is 7.08. The Morgan fingerprint density at radius 3 is 2.07 bits per heavy atom. The highest BCUT2D eigenvalue weighted by Crippen LogP contribution is 2.24. The fraction of sp³-hybridized carbons (Fsp3) is 0.222. The summed E-state index contributed by atoms with van der Waals surface area (Å²) >= 11 is 0. The van der Waals surface area contributed by atoms with E-state index in [0.29, 0.717) is 11.3 Å². The molecule has 2 aromatic carbocycles. The van der Waals surface area contributed by atoms with Crippen molar-refractivity contribution in [1.82, 2.24) is 0 Å². The minimum atomic E-state index is -4.11. The molecule has 1 atom stereocenters. The van der Waals surface area contributed by atoms with Gasteiger partial charge in [0.25, 0.3) is 0 Å². The summed E-state index contributed by atoms with van der Waals surface area (Å²) in [5.41, 5.74) is 0.269. The molecule has 0 amide bonds. The predicted octanol–water partition coefficient (Wildman–Crippen LogP) is 1.78. The van der Waals surface area contributed by atoms with Crippen molar-refractivity contribution in [2.75, 3.05) is 14.2 Å². The summed E-state index contributed by atoms with van der Waals surface area (Å²) in [5, 5.41) is 5.13. The smallest absolute Gasteiger partial charge is 0.338 e. The second kappa shape index (κ2) is 8.19. The molecule has 2 N–H and O–H groups in total. The zero-order valence-corrected chi connectivity index (χ0v) is 15.8. The summed E-state index contributed by atoms with van der Waals surface area (Å²) in [7, 11) is -1.33. The molecule has 0 saturated carbocycles. The summed E-state index contributed by atoms with van der Waals surface area (Å²) in [6.45, 7) is 1.43. The number of ether oxygens (including phenoxy) is 3. The Bertz CT molecular complexity index is 952. The lowest BCUT2D eigenvalue weighted by atomic mass is 10.1. The maximum absolute atomic E-state index is 12.4. The Morgan fingerprint density at radius 2 is 1.56 bits per heavy atom. The van der Waals surface area contributed by atoms with Crippen LogP contribution >= 0.6 is 0 Å². The van der Waals surface area contributed by atoms with E-state index in [1.165, 1.54) is 33.3 Å². The standard InChI is InChI=1S/C18H19NO7S/c1-11(17(20)12-4-7-14(24-2)8-5-12)26-18(21)13-6-9-15(25-3)16(10-13)27(19,22)23/h4-11H,1-3H3,(H2,19,22,23). The number of methoxy groups -OCH3 is 2. The Balaban J connectivity index is 2.19. The normalized spacial score (nSPS) is 12.1. The van der Waals surface area contributed by atoms with Gasteiger partial charge in [0, 0.05) is 5.56 Å². The average molecular weight is 393 g/mol. The Morgan fingerprint density at radius 1 is 0.963 bits per heavy atom. The number of hydrogen-bond donors (Lipinski definition) is 1. The third-order valence-corrected chi connectivity index (χ3v) is 4.67. The quantitative estimate of drug-likeness (QED) is 0.562. The van der Waals surface area contributed by atoms with E-state index < -0.39 is 27.9 Å². The second-order valence-electron chi connectivity index (χ2n) is 5.55. The summed E-state index contributed by atoms with van der Waals surface area (Å²) in [4.78, 5) is 24.3. The van der Waals surface area contributed by atoms with Crippen molar-refractivity contribution in [3.05, 3.63) is 53.6 Å². The van der Waals surface area contributed by atoms with E-state index in [1.807, 2.05) is 0 Å². The van der Waals surface area contributed by atoms with Crippen molar-refractivity contribution in [2.45, 2.75) is 17.9 Å². The fourth-order valence-corrected chi connectivity index (χ4v) is 3.02. The van der Waals surface area contributed by atoms with Gasteiger partial charge in [0.05, 0.1) is 19.8 Å². The van der Waals surface area contributed by atoms with Gasteiger partial charge in [-0.25, -0.2) is 18.4 Å². The highest BCUT2D eigenvalue weighted by atomic mass is 32.2. The van der Waals surface area contributed by atoms with Gasteiger partial charge < -0.3 is 14.2 Å². The van der Waals surface area contributed by atoms with Crippen LogP contribution in [0.4, 0.5) is 0 Å². The average Bonchev–Trinajstić information content (AvgIpc) is 2.66. The van der Waals surface area contributed by atoms with E-state index >= 15 is 0 Å². The number of nitrogens with two attached hydrogens (primary N) is 1. The molecular formula is C18H19NO7S. The lowest BCUT2D eigenvalue weighted by Gasteiger charge is -2.14. The molecule has 0 aliphatic heterocycles. The first-order chi connectivity index (χ1) is 12.7. The van der Waals surface area contributed by atoms with Crippen LogP contribution in [0.5, 0.6) is 11.5 Å². The predicted molar refractivity (Wildman–Crippen MR) is 96.6 cm³/mol. The van der Waals surface area contributed by atoms with Crippen LogP contribution in [-0.4, -0.2) is 40.5 Å². The maximum atomic E-state index is 12.4. The number of sulfonamides is 1. The number of benzene rings is 2. The molecule has 0 saturated heterocycles. The lowest BCUT2D eigenvalue weighted by molar-refractivity contribution is 0.0318. The monoisotopic (exact) mass is 393 g/mol. The van der Waals surface area contributed by atoms with E-state index in [2.05, 4.69) is 0 Å². The van der Waals surface area contributed by atoms with Crippen LogP contribution in [0, 0.1) is 0 Å². The maximum Gasteiger partial charge on any atom is 0.338 e. The van der Waals surface area contributed by atoms with E-state index in [-0.39, 0.29) is 16.2 Å². The lowest BCUT2D eigenvalue weighted by Crippen LogP contribution is -2.24. The van der Waals surface area contributed by atoms with Gasteiger partial charge >= 0.3 is 5.97 Å². The molecular weight excluding hydrogens is 374 g/mol. The van der Waals surface area contributed by atoms with Crippen LogP contribution in [0.1, 0.15) is 27.6 Å². The summed E-state index contributed by atoms with van der Waals surface area (Å²) in [6, 6.07) is 9.98. The summed E-state index contributed by atoms with van der Waals surface area (Å²) in [5.74, 6) is -0.690. The van der Waals surface area contributed by atoms with Crippen molar-refractivity contribution in [1.29, 1.82) is 0 Å². The first-order valence-corrected chi connectivity index (χ1v) is 9.32. The molecule has 0 fully saturated rings. The molecule has 2 aromatic rings. The highest BCUT2D eigenvalue weighted by molar-refractivity contribution is 7.89. The van der Waals surface area contributed by atoms with Gasteiger partial charge in [-0.3, -0.25) is 4.79 Å². The minimum absolute atomic E-state index is 0.00333. The third kappa shape index (κ3) is 4.83. The molecule has 0 heterocycles. The van der Waals surface area contributed by atoms with Gasteiger partial charge in [0.15, 0.2) is 6.10 Å². The Kier molecular flexibility index (Phi) is 6.19. The molecule has 0 aliphatic rings. The minimum Gasteiger partial charge on any atom is -0.497 e. The van der Waals surface area contributed by atoms with Gasteiger partial charge in [-0.1, -0.05) is 0 Å². The SMILES string of the molecule is COc1ccc(C(=O)C(C)OC(=O)c2ccc(OC)c(S(N)(=O)=O)c2)cc1. The molecule has 8 nitrogen and oxygen atoms in total. The Labute approximate surface area is 156 Å². The molecule has 2 rings (SSSR count). The van der Waals surface area contributed by atoms with Crippen molar-refractivity contribution in [2.24, 2.45) is 5.14 Å². The number of rotatable bonds is 7. The van der Waals surface area contributed by atoms with E-state index in [4.69, 9.17) is 19.3 Å². The molecule has 0 aromatic heterocycles. The van der Waals surface area contributed by atoms with Crippen molar-refractivity contribution < 1.29 is 32.2 Å². The topological polar surface area (TPSA) is 122 Å².